The Balaban J connectivity index is 1.73. The molecule has 5 nitrogen and oxygen atoms in total. The van der Waals surface area contributed by atoms with Gasteiger partial charge in [0, 0.05) is 16.9 Å². The Morgan fingerprint density at radius 2 is 1.61 bits per heavy atom. The van der Waals surface area contributed by atoms with E-state index in [0.717, 1.165) is 16.7 Å². The molecule has 1 amide bonds. The number of carbonyl (C=O) groups is 2. The highest BCUT2D eigenvalue weighted by Crippen LogP contribution is 2.27. The number of rotatable bonds is 5. The average Bonchev–Trinajstić information content (AvgIpc) is 2.71. The van der Waals surface area contributed by atoms with E-state index in [1.54, 1.807) is 12.1 Å². The van der Waals surface area contributed by atoms with Crippen molar-refractivity contribution in [3.8, 4) is 11.1 Å². The van der Waals surface area contributed by atoms with E-state index in [0.29, 0.717) is 11.4 Å². The maximum absolute atomic E-state index is 12.6. The number of aryl methyl sites for hydroxylation is 1. The number of benzene rings is 3. The van der Waals surface area contributed by atoms with Gasteiger partial charge in [0.1, 0.15) is 0 Å². The molecule has 0 saturated carbocycles. The van der Waals surface area contributed by atoms with Gasteiger partial charge in [-0.3, -0.25) is 4.79 Å². The highest BCUT2D eigenvalue weighted by atomic mass is 16.5. The third-order valence-corrected chi connectivity index (χ3v) is 4.47. The van der Waals surface area contributed by atoms with Gasteiger partial charge < -0.3 is 15.8 Å². The van der Waals surface area contributed by atoms with Crippen molar-refractivity contribution in [2.45, 2.75) is 20.0 Å². The number of carbonyl (C=O) groups excluding carboxylic acids is 2. The lowest BCUT2D eigenvalue weighted by molar-refractivity contribution is -0.123. The Bertz CT molecular complexity index is 1000. The molecule has 0 fully saturated rings. The molecule has 5 heteroatoms. The van der Waals surface area contributed by atoms with E-state index in [1.807, 2.05) is 67.6 Å². The molecule has 0 saturated heterocycles. The molecule has 0 aliphatic carbocycles. The van der Waals surface area contributed by atoms with Gasteiger partial charge in [-0.1, -0.05) is 60.7 Å². The quantitative estimate of drug-likeness (QED) is 0.511. The zero-order valence-corrected chi connectivity index (χ0v) is 15.8. The summed E-state index contributed by atoms with van der Waals surface area (Å²) in [5, 5.41) is 2.84. The molecule has 28 heavy (non-hydrogen) atoms. The summed E-state index contributed by atoms with van der Waals surface area (Å²) in [5.74, 6) is -1.04. The summed E-state index contributed by atoms with van der Waals surface area (Å²) >= 11 is 0. The molecule has 0 aromatic heterocycles. The number of ether oxygens (including phenoxy) is 1. The van der Waals surface area contributed by atoms with Gasteiger partial charge in [-0.2, -0.15) is 0 Å². The molecule has 0 radical (unpaired) electrons. The number of para-hydroxylation sites is 2. The summed E-state index contributed by atoms with van der Waals surface area (Å²) in [7, 11) is 0. The third-order valence-electron chi connectivity index (χ3n) is 4.47. The lowest BCUT2D eigenvalue weighted by Gasteiger charge is -2.16. The number of nitrogens with two attached hydrogens (primary N) is 1. The molecule has 3 rings (SSSR count). The summed E-state index contributed by atoms with van der Waals surface area (Å²) in [6, 6.07) is 22.3. The van der Waals surface area contributed by atoms with Crippen LogP contribution in [-0.4, -0.2) is 18.0 Å². The predicted molar refractivity (Wildman–Crippen MR) is 111 cm³/mol. The second kappa shape index (κ2) is 8.39. The lowest BCUT2D eigenvalue weighted by Crippen LogP contribution is -2.30. The summed E-state index contributed by atoms with van der Waals surface area (Å²) in [5.41, 5.74) is 9.85. The lowest BCUT2D eigenvalue weighted by atomic mass is 10.0. The molecule has 142 valence electrons. The van der Waals surface area contributed by atoms with Crippen molar-refractivity contribution in [3.63, 3.8) is 0 Å². The van der Waals surface area contributed by atoms with E-state index in [9.17, 15) is 9.59 Å². The number of nitrogens with one attached hydrogen (secondary N) is 1. The third kappa shape index (κ3) is 4.20. The van der Waals surface area contributed by atoms with Crippen LogP contribution in [0, 0.1) is 6.92 Å². The van der Waals surface area contributed by atoms with Crippen LogP contribution in [0.25, 0.3) is 11.1 Å². The van der Waals surface area contributed by atoms with Crippen molar-refractivity contribution in [2.24, 2.45) is 0 Å². The van der Waals surface area contributed by atoms with E-state index < -0.39 is 18.0 Å². The average molecular weight is 374 g/mol. The molecular weight excluding hydrogens is 352 g/mol. The summed E-state index contributed by atoms with van der Waals surface area (Å²) in [6.07, 6.45) is -0.976. The normalized spacial score (nSPS) is 11.5. The van der Waals surface area contributed by atoms with E-state index in [-0.39, 0.29) is 5.56 Å². The van der Waals surface area contributed by atoms with Gasteiger partial charge in [-0.25, -0.2) is 4.79 Å². The first-order chi connectivity index (χ1) is 13.5. The fraction of sp³-hybridized carbons (Fsp3) is 0.130. The molecule has 3 aromatic rings. The first kappa shape index (κ1) is 19.2. The zero-order chi connectivity index (χ0) is 20.1. The van der Waals surface area contributed by atoms with Gasteiger partial charge in [0.05, 0.1) is 5.56 Å². The molecule has 0 unspecified atom stereocenters. The van der Waals surface area contributed by atoms with Crippen LogP contribution in [-0.2, 0) is 9.53 Å². The molecule has 0 aliphatic rings. The number of nitrogen functional groups attached to an aromatic ring is 1. The number of hydrogen-bond donors (Lipinski definition) is 2. The van der Waals surface area contributed by atoms with Crippen molar-refractivity contribution >= 4 is 23.3 Å². The highest BCUT2D eigenvalue weighted by molar-refractivity contribution is 6.01. The smallest absolute Gasteiger partial charge is 0.341 e. The van der Waals surface area contributed by atoms with Crippen LogP contribution in [0.3, 0.4) is 0 Å². The highest BCUT2D eigenvalue weighted by Gasteiger charge is 2.21. The first-order valence-electron chi connectivity index (χ1n) is 8.98. The fourth-order valence-electron chi connectivity index (χ4n) is 2.83. The molecule has 3 aromatic carbocycles. The molecule has 1 atom stereocenters. The van der Waals surface area contributed by atoms with E-state index >= 15 is 0 Å². The monoisotopic (exact) mass is 374 g/mol. The van der Waals surface area contributed by atoms with E-state index in [1.165, 1.54) is 6.92 Å². The minimum Gasteiger partial charge on any atom is -0.449 e. The van der Waals surface area contributed by atoms with Gasteiger partial charge in [0.15, 0.2) is 6.10 Å². The Morgan fingerprint density at radius 3 is 2.36 bits per heavy atom. The molecule has 0 aliphatic heterocycles. The second-order valence-electron chi connectivity index (χ2n) is 6.48. The largest absolute Gasteiger partial charge is 0.449 e. The molecule has 3 N–H and O–H groups in total. The fourth-order valence-corrected chi connectivity index (χ4v) is 2.83. The van der Waals surface area contributed by atoms with Crippen molar-refractivity contribution in [1.29, 1.82) is 0 Å². The SMILES string of the molecule is Cc1cccc(C(=O)O[C@H](C)C(=O)Nc2ccccc2-c2ccccc2)c1N. The predicted octanol–water partition coefficient (Wildman–Crippen LogP) is 4.43. The number of amides is 1. The molecule has 0 bridgehead atoms. The van der Waals surface area contributed by atoms with Gasteiger partial charge in [0.2, 0.25) is 0 Å². The molecule has 0 heterocycles. The van der Waals surface area contributed by atoms with Crippen LogP contribution >= 0.6 is 0 Å². The van der Waals surface area contributed by atoms with Gasteiger partial charge in [-0.15, -0.1) is 0 Å². The number of esters is 1. The molecular formula is C23H22N2O3. The standard InChI is InChI=1S/C23H22N2O3/c1-15-9-8-13-19(21(15)24)23(27)28-16(2)22(26)25-20-14-7-6-12-18(20)17-10-4-3-5-11-17/h3-14,16H,24H2,1-2H3,(H,25,26)/t16-/m1/s1. The van der Waals surface area contributed by atoms with E-state index in [2.05, 4.69) is 5.32 Å². The Labute approximate surface area is 164 Å². The van der Waals surface area contributed by atoms with Crippen molar-refractivity contribution < 1.29 is 14.3 Å². The van der Waals surface area contributed by atoms with Crippen LogP contribution in [0.1, 0.15) is 22.8 Å². The van der Waals surface area contributed by atoms with Crippen LogP contribution in [0.4, 0.5) is 11.4 Å². The van der Waals surface area contributed by atoms with Crippen LogP contribution in [0.5, 0.6) is 0 Å². The summed E-state index contributed by atoms with van der Waals surface area (Å²) < 4.78 is 5.32. The van der Waals surface area contributed by atoms with Crippen LogP contribution in [0.2, 0.25) is 0 Å². The minimum absolute atomic E-state index is 0.254. The van der Waals surface area contributed by atoms with Crippen molar-refractivity contribution in [3.05, 3.63) is 83.9 Å². The van der Waals surface area contributed by atoms with Crippen LogP contribution in [0.15, 0.2) is 72.8 Å². The Kier molecular flexibility index (Phi) is 5.75. The number of anilines is 2. The topological polar surface area (TPSA) is 81.4 Å². The second-order valence-corrected chi connectivity index (χ2v) is 6.48. The van der Waals surface area contributed by atoms with Gasteiger partial charge in [-0.05, 0) is 37.1 Å². The number of hydrogen-bond acceptors (Lipinski definition) is 4. The Morgan fingerprint density at radius 1 is 0.929 bits per heavy atom. The first-order valence-corrected chi connectivity index (χ1v) is 8.98. The summed E-state index contributed by atoms with van der Waals surface area (Å²) in [4.78, 5) is 25.0. The van der Waals surface area contributed by atoms with Gasteiger partial charge >= 0.3 is 5.97 Å². The maximum atomic E-state index is 12.6. The zero-order valence-electron chi connectivity index (χ0n) is 15.8. The maximum Gasteiger partial charge on any atom is 0.341 e. The summed E-state index contributed by atoms with van der Waals surface area (Å²) in [6.45, 7) is 3.34. The van der Waals surface area contributed by atoms with Crippen molar-refractivity contribution in [2.75, 3.05) is 11.1 Å². The van der Waals surface area contributed by atoms with E-state index in [4.69, 9.17) is 10.5 Å². The van der Waals surface area contributed by atoms with Gasteiger partial charge in [0.25, 0.3) is 5.91 Å². The minimum atomic E-state index is -0.976. The Hall–Kier alpha value is -3.60. The molecule has 0 spiro atoms. The van der Waals surface area contributed by atoms with Crippen LogP contribution < -0.4 is 11.1 Å². The van der Waals surface area contributed by atoms with Crippen molar-refractivity contribution in [1.82, 2.24) is 0 Å².